The number of para-hydroxylation sites is 1. The van der Waals surface area contributed by atoms with Crippen LogP contribution >= 0.6 is 0 Å². The molecule has 0 fully saturated rings. The quantitative estimate of drug-likeness (QED) is 0.105. The average Bonchev–Trinajstić information content (AvgIpc) is 3.32. The topological polar surface area (TPSA) is 73.4 Å². The molecule has 5 nitrogen and oxygen atoms in total. The van der Waals surface area contributed by atoms with Crippen LogP contribution in [0.4, 0.5) is 11.6 Å². The maximum atomic E-state index is 7.32. The van der Waals surface area contributed by atoms with E-state index in [0.29, 0.717) is 22.8 Å². The first-order valence-electron chi connectivity index (χ1n) is 19.8. The lowest BCUT2D eigenvalue weighted by Crippen LogP contribution is -2.02. The van der Waals surface area contributed by atoms with Gasteiger partial charge in [0, 0.05) is 28.5 Å². The predicted molar refractivity (Wildman–Crippen MR) is 249 cm³/mol. The third-order valence-corrected chi connectivity index (χ3v) is 10.4. The van der Waals surface area contributed by atoms with Gasteiger partial charge in [-0.05, 0) is 92.5 Å². The van der Waals surface area contributed by atoms with Crippen LogP contribution in [0.3, 0.4) is 0 Å². The van der Waals surface area contributed by atoms with Gasteiger partial charge in [-0.15, -0.1) is 0 Å². The number of aliphatic imine (C=N–C) groups is 1. The minimum absolute atomic E-state index is 0.275. The molecule has 0 spiro atoms. The van der Waals surface area contributed by atoms with Crippen LogP contribution in [0, 0.1) is 0 Å². The van der Waals surface area contributed by atoms with Gasteiger partial charge in [0.2, 0.25) is 0 Å². The minimum Gasteiger partial charge on any atom is -0.465 e. The lowest BCUT2D eigenvalue weighted by molar-refractivity contribution is 0.485. The Hall–Kier alpha value is -8.15. The molecule has 0 unspecified atom stereocenters. The Balaban J connectivity index is 1.27. The summed E-state index contributed by atoms with van der Waals surface area (Å²) in [5.74, 6) is 0.971. The normalized spacial score (nSPS) is 11.1. The number of nitrogens with zero attached hydrogens (tertiary/aromatic N) is 3. The number of nitrogens with two attached hydrogens (primary N) is 1. The van der Waals surface area contributed by atoms with Gasteiger partial charge in [-0.25, -0.2) is 15.0 Å². The van der Waals surface area contributed by atoms with Gasteiger partial charge in [-0.2, -0.15) is 0 Å². The fourth-order valence-corrected chi connectivity index (χ4v) is 7.54. The summed E-state index contributed by atoms with van der Waals surface area (Å²) in [5.41, 5.74) is 21.9. The van der Waals surface area contributed by atoms with Crippen molar-refractivity contribution in [1.29, 1.82) is 0 Å². The summed E-state index contributed by atoms with van der Waals surface area (Å²) in [6, 6.07) is 70.5. The zero-order valence-electron chi connectivity index (χ0n) is 32.8. The monoisotopic (exact) mass is 772 g/mol. The second-order valence-electron chi connectivity index (χ2n) is 14.3. The number of rotatable bonds is 11. The number of benzene rings is 8. The van der Waals surface area contributed by atoms with Gasteiger partial charge in [0.1, 0.15) is 5.75 Å². The Kier molecular flexibility index (Phi) is 10.7. The lowest BCUT2D eigenvalue weighted by Gasteiger charge is -2.16. The van der Waals surface area contributed by atoms with E-state index >= 15 is 0 Å². The molecule has 0 saturated heterocycles. The van der Waals surface area contributed by atoms with Gasteiger partial charge < -0.3 is 10.5 Å². The number of hydrogen-bond donors (Lipinski definition) is 1. The summed E-state index contributed by atoms with van der Waals surface area (Å²) >= 11 is 0. The highest BCUT2D eigenvalue weighted by Crippen LogP contribution is 2.41. The van der Waals surface area contributed by atoms with Crippen LogP contribution in [0.25, 0.3) is 78.1 Å². The second-order valence-corrected chi connectivity index (χ2v) is 14.3. The molecule has 0 aliphatic heterocycles. The smallest absolute Gasteiger partial charge is 0.250 e. The highest BCUT2D eigenvalue weighted by molar-refractivity contribution is 5.94. The van der Waals surface area contributed by atoms with E-state index in [1.807, 2.05) is 79.0 Å². The maximum Gasteiger partial charge on any atom is 0.250 e. The van der Waals surface area contributed by atoms with Crippen LogP contribution in [-0.4, -0.2) is 16.2 Å². The molecular formula is C55H40N4O. The summed E-state index contributed by atoms with van der Waals surface area (Å²) in [7, 11) is 0. The molecule has 9 aromatic rings. The Labute approximate surface area is 350 Å². The van der Waals surface area contributed by atoms with E-state index in [1.165, 1.54) is 6.26 Å². The highest BCUT2D eigenvalue weighted by atomic mass is 16.5. The number of ether oxygens (including phenoxy) is 1. The predicted octanol–water partition coefficient (Wildman–Crippen LogP) is 14.0. The molecule has 9 rings (SSSR count). The van der Waals surface area contributed by atoms with Crippen molar-refractivity contribution in [2.75, 3.05) is 5.73 Å². The fraction of sp³-hybridized carbons (Fsp3) is 0. The third-order valence-electron chi connectivity index (χ3n) is 10.4. The maximum absolute atomic E-state index is 7.32. The largest absolute Gasteiger partial charge is 0.465 e. The molecule has 5 heteroatoms. The van der Waals surface area contributed by atoms with E-state index in [9.17, 15) is 0 Å². The second kappa shape index (κ2) is 17.1. The van der Waals surface area contributed by atoms with Crippen molar-refractivity contribution in [3.63, 3.8) is 0 Å². The summed E-state index contributed by atoms with van der Waals surface area (Å²) < 4.78 is 5.80. The Morgan fingerprint density at radius 3 is 1.22 bits per heavy atom. The zero-order valence-corrected chi connectivity index (χ0v) is 32.8. The molecule has 2 N–H and O–H groups in total. The molecule has 0 atom stereocenters. The number of nitrogen functional groups attached to an aromatic ring is 1. The van der Waals surface area contributed by atoms with E-state index in [-0.39, 0.29) is 5.95 Å². The van der Waals surface area contributed by atoms with Gasteiger partial charge in [0.15, 0.2) is 0 Å². The Morgan fingerprint density at radius 2 is 0.783 bits per heavy atom. The van der Waals surface area contributed by atoms with E-state index < -0.39 is 0 Å². The van der Waals surface area contributed by atoms with E-state index in [1.54, 1.807) is 0 Å². The Bertz CT molecular complexity index is 2700. The molecule has 0 aliphatic carbocycles. The first-order valence-corrected chi connectivity index (χ1v) is 19.8. The van der Waals surface area contributed by atoms with Gasteiger partial charge in [0.05, 0.1) is 23.3 Å². The molecule has 0 bridgehead atoms. The summed E-state index contributed by atoms with van der Waals surface area (Å²) in [5, 5.41) is 0. The van der Waals surface area contributed by atoms with Crippen LogP contribution < -0.4 is 10.5 Å². The van der Waals surface area contributed by atoms with Crippen molar-refractivity contribution in [2.45, 2.75) is 0 Å². The van der Waals surface area contributed by atoms with E-state index in [4.69, 9.17) is 25.4 Å². The Morgan fingerprint density at radius 1 is 0.417 bits per heavy atom. The molecule has 0 amide bonds. The van der Waals surface area contributed by atoms with Crippen LogP contribution in [0.2, 0.25) is 0 Å². The van der Waals surface area contributed by atoms with Gasteiger partial charge >= 0.3 is 0 Å². The summed E-state index contributed by atoms with van der Waals surface area (Å²) in [6.07, 6.45) is 3.25. The van der Waals surface area contributed by atoms with Gasteiger partial charge in [0.25, 0.3) is 5.95 Å². The molecular weight excluding hydrogens is 733 g/mol. The highest BCUT2D eigenvalue weighted by Gasteiger charge is 2.19. The van der Waals surface area contributed by atoms with E-state index in [2.05, 4.69) is 140 Å². The number of aromatic nitrogens is 2. The summed E-state index contributed by atoms with van der Waals surface area (Å²) in [6.45, 7) is 3.78. The van der Waals surface area contributed by atoms with Crippen molar-refractivity contribution >= 4 is 17.9 Å². The zero-order chi connectivity index (χ0) is 40.7. The molecule has 0 radical (unpaired) electrons. The minimum atomic E-state index is 0.275. The van der Waals surface area contributed by atoms with Crippen LogP contribution in [0.5, 0.6) is 5.75 Å². The fourth-order valence-electron chi connectivity index (χ4n) is 7.54. The third kappa shape index (κ3) is 8.01. The first-order chi connectivity index (χ1) is 29.6. The van der Waals surface area contributed by atoms with Crippen LogP contribution in [0.15, 0.2) is 224 Å². The summed E-state index contributed by atoms with van der Waals surface area (Å²) in [4.78, 5) is 15.3. The molecule has 8 aromatic carbocycles. The van der Waals surface area contributed by atoms with E-state index in [0.717, 1.165) is 72.3 Å². The number of hydrogen-bond acceptors (Lipinski definition) is 5. The van der Waals surface area contributed by atoms with Crippen molar-refractivity contribution in [2.24, 2.45) is 4.99 Å². The molecule has 1 heterocycles. The van der Waals surface area contributed by atoms with Gasteiger partial charge in [-0.3, -0.25) is 0 Å². The number of anilines is 1. The molecule has 60 heavy (non-hydrogen) atoms. The molecule has 1 aromatic heterocycles. The SMILES string of the molecule is C=COc1ccccc1-c1ccccc1/C=N/c1nc(-c2cc(-c3ccccc3)cc(-c3ccccc3)c2)c(N)c(-c2cc(-c3ccccc3)cc(-c3ccccc3)c2)n1. The molecule has 0 saturated carbocycles. The molecule has 0 aliphatic rings. The van der Waals surface area contributed by atoms with Crippen molar-refractivity contribution in [3.05, 3.63) is 225 Å². The molecule has 286 valence electrons. The van der Waals surface area contributed by atoms with Gasteiger partial charge in [-0.1, -0.05) is 170 Å². The van der Waals surface area contributed by atoms with Crippen molar-refractivity contribution in [3.8, 4) is 83.9 Å². The van der Waals surface area contributed by atoms with Crippen LogP contribution in [-0.2, 0) is 0 Å². The lowest BCUT2D eigenvalue weighted by atomic mass is 9.92. The standard InChI is InChI=1S/C55H40N4O/c1-2-60-51-30-18-17-29-50(51)49-28-16-15-27-42(49)37-57-55-58-53(47-33-43(38-19-7-3-8-20-38)31-44(34-47)39-21-9-4-10-22-39)52(56)54(59-55)48-35-45(40-23-11-5-12-24-40)32-46(36-48)41-25-13-6-14-26-41/h2-37H,1,56H2/b57-37+. The van der Waals surface area contributed by atoms with Crippen molar-refractivity contribution < 1.29 is 4.74 Å². The van der Waals surface area contributed by atoms with Crippen LogP contribution in [0.1, 0.15) is 5.56 Å². The average molecular weight is 773 g/mol. The van der Waals surface area contributed by atoms with Crippen molar-refractivity contribution in [1.82, 2.24) is 9.97 Å². The first kappa shape index (κ1) is 37.4.